The predicted octanol–water partition coefficient (Wildman–Crippen LogP) is 4.94. The van der Waals surface area contributed by atoms with Gasteiger partial charge in [0.1, 0.15) is 23.7 Å². The highest BCUT2D eigenvalue weighted by atomic mass is 35.5. The molecule has 0 aliphatic carbocycles. The van der Waals surface area contributed by atoms with E-state index in [1.807, 2.05) is 19.9 Å². The van der Waals surface area contributed by atoms with Gasteiger partial charge in [0.25, 0.3) is 0 Å². The van der Waals surface area contributed by atoms with Crippen LogP contribution in [0.4, 0.5) is 5.69 Å². The number of carbonyl (C=O) groups excluding carboxylic acids is 2. The molecule has 0 unspecified atom stereocenters. The van der Waals surface area contributed by atoms with Crippen LogP contribution < -0.4 is 10.1 Å². The highest BCUT2D eigenvalue weighted by molar-refractivity contribution is 6.30. The lowest BCUT2D eigenvalue weighted by Crippen LogP contribution is -2.11. The first-order valence-electron chi connectivity index (χ1n) is 9.61. The van der Waals surface area contributed by atoms with Gasteiger partial charge in [-0.25, -0.2) is 4.79 Å². The summed E-state index contributed by atoms with van der Waals surface area (Å²) < 4.78 is 10.6. The number of fused-ring (bicyclic) bond motifs is 1. The molecule has 30 heavy (non-hydrogen) atoms. The summed E-state index contributed by atoms with van der Waals surface area (Å²) in [5.41, 5.74) is 3.90. The Kier molecular flexibility index (Phi) is 6.67. The molecule has 0 aromatic heterocycles. The summed E-state index contributed by atoms with van der Waals surface area (Å²) >= 11 is 5.85. The van der Waals surface area contributed by atoms with Crippen molar-refractivity contribution < 1.29 is 24.2 Å². The molecule has 1 aliphatic rings. The van der Waals surface area contributed by atoms with Crippen LogP contribution in [-0.4, -0.2) is 24.1 Å². The number of halogens is 1. The third-order valence-corrected chi connectivity index (χ3v) is 5.43. The number of cyclic esters (lactones) is 1. The lowest BCUT2D eigenvalue weighted by molar-refractivity contribution is -0.116. The average molecular weight is 430 g/mol. The van der Waals surface area contributed by atoms with Crippen LogP contribution in [0.1, 0.15) is 46.8 Å². The summed E-state index contributed by atoms with van der Waals surface area (Å²) in [4.78, 5) is 24.1. The van der Waals surface area contributed by atoms with Crippen LogP contribution in [0.2, 0.25) is 5.02 Å². The maximum Gasteiger partial charge on any atom is 0.342 e. The molecule has 1 heterocycles. The van der Waals surface area contributed by atoms with Crippen molar-refractivity contribution in [2.75, 3.05) is 12.4 Å². The van der Waals surface area contributed by atoms with E-state index >= 15 is 0 Å². The first-order chi connectivity index (χ1) is 14.3. The Balaban J connectivity index is 1.67. The van der Waals surface area contributed by atoms with Crippen LogP contribution in [0.25, 0.3) is 0 Å². The number of benzene rings is 2. The standard InChI is InChI=1S/C23H24ClNO5/c1-13(5-11-19(26)25-16-8-6-15(24)7-9-16)4-10-17-21(27)20-18(12-30-23(20)28)14(2)22(17)29-3/h4,6-9,27H,5,10-12H2,1-3H3,(H,25,26)/b13-4+. The molecule has 2 aromatic rings. The topological polar surface area (TPSA) is 84.9 Å². The van der Waals surface area contributed by atoms with Gasteiger partial charge in [-0.2, -0.15) is 0 Å². The molecule has 0 atom stereocenters. The zero-order valence-electron chi connectivity index (χ0n) is 17.2. The Morgan fingerprint density at radius 1 is 1.30 bits per heavy atom. The minimum atomic E-state index is -0.519. The zero-order valence-corrected chi connectivity index (χ0v) is 17.9. The molecule has 1 amide bonds. The fourth-order valence-corrected chi connectivity index (χ4v) is 3.60. The molecular formula is C23H24ClNO5. The second-order valence-electron chi connectivity index (χ2n) is 7.22. The molecule has 0 bridgehead atoms. The van der Waals surface area contributed by atoms with Crippen molar-refractivity contribution in [1.82, 2.24) is 0 Å². The lowest BCUT2D eigenvalue weighted by atomic mass is 9.94. The molecule has 0 fully saturated rings. The van der Waals surface area contributed by atoms with Crippen molar-refractivity contribution in [3.05, 3.63) is 63.2 Å². The van der Waals surface area contributed by atoms with Crippen molar-refractivity contribution >= 4 is 29.2 Å². The van der Waals surface area contributed by atoms with Gasteiger partial charge in [0.2, 0.25) is 5.91 Å². The van der Waals surface area contributed by atoms with Crippen molar-refractivity contribution in [3.8, 4) is 11.5 Å². The summed E-state index contributed by atoms with van der Waals surface area (Å²) in [7, 11) is 1.53. The largest absolute Gasteiger partial charge is 0.507 e. The number of rotatable bonds is 7. The minimum absolute atomic E-state index is 0.0957. The van der Waals surface area contributed by atoms with E-state index in [2.05, 4.69) is 5.32 Å². The molecule has 0 spiro atoms. The van der Waals surface area contributed by atoms with Gasteiger partial charge in [0.15, 0.2) is 0 Å². The van der Waals surface area contributed by atoms with Gasteiger partial charge in [-0.1, -0.05) is 23.3 Å². The van der Waals surface area contributed by atoms with Crippen LogP contribution >= 0.6 is 11.6 Å². The highest BCUT2D eigenvalue weighted by Crippen LogP contribution is 2.42. The maximum absolute atomic E-state index is 12.2. The minimum Gasteiger partial charge on any atom is -0.507 e. The van der Waals surface area contributed by atoms with E-state index in [1.165, 1.54) is 7.11 Å². The number of amides is 1. The van der Waals surface area contributed by atoms with Crippen molar-refractivity contribution in [2.45, 2.75) is 39.7 Å². The van der Waals surface area contributed by atoms with E-state index in [9.17, 15) is 14.7 Å². The molecule has 1 aliphatic heterocycles. The van der Waals surface area contributed by atoms with Gasteiger partial charge in [0.05, 0.1) is 7.11 Å². The maximum atomic E-state index is 12.2. The third-order valence-electron chi connectivity index (χ3n) is 5.18. The first kappa shape index (κ1) is 21.7. The Labute approximate surface area is 180 Å². The molecule has 6 nitrogen and oxygen atoms in total. The monoisotopic (exact) mass is 429 g/mol. The summed E-state index contributed by atoms with van der Waals surface area (Å²) in [6, 6.07) is 6.94. The van der Waals surface area contributed by atoms with Crippen LogP contribution in [0, 0.1) is 6.92 Å². The van der Waals surface area contributed by atoms with Crippen molar-refractivity contribution in [2.24, 2.45) is 0 Å². The van der Waals surface area contributed by atoms with Gasteiger partial charge >= 0.3 is 5.97 Å². The van der Waals surface area contributed by atoms with Gasteiger partial charge in [-0.05, 0) is 56.5 Å². The molecule has 2 N–H and O–H groups in total. The molecule has 0 saturated heterocycles. The van der Waals surface area contributed by atoms with Gasteiger partial charge < -0.3 is 19.9 Å². The fraction of sp³-hybridized carbons (Fsp3) is 0.304. The number of methoxy groups -OCH3 is 1. The Hall–Kier alpha value is -2.99. The van der Waals surface area contributed by atoms with Gasteiger partial charge in [-0.3, -0.25) is 4.79 Å². The summed E-state index contributed by atoms with van der Waals surface area (Å²) in [6.45, 7) is 3.91. The number of aromatic hydroxyl groups is 1. The van der Waals surface area contributed by atoms with E-state index in [1.54, 1.807) is 24.3 Å². The molecular weight excluding hydrogens is 406 g/mol. The number of carbonyl (C=O) groups is 2. The molecule has 0 saturated carbocycles. The smallest absolute Gasteiger partial charge is 0.342 e. The van der Waals surface area contributed by atoms with E-state index < -0.39 is 5.97 Å². The summed E-state index contributed by atoms with van der Waals surface area (Å²) in [5, 5.41) is 14.1. The molecule has 158 valence electrons. The number of phenolic OH excluding ortho intramolecular Hbond substituents is 1. The molecule has 2 aromatic carbocycles. The van der Waals surface area contributed by atoms with E-state index in [-0.39, 0.29) is 23.8 Å². The van der Waals surface area contributed by atoms with E-state index in [0.717, 1.165) is 11.1 Å². The predicted molar refractivity (Wildman–Crippen MR) is 115 cm³/mol. The van der Waals surface area contributed by atoms with E-state index in [4.69, 9.17) is 21.1 Å². The van der Waals surface area contributed by atoms with Crippen LogP contribution in [0.3, 0.4) is 0 Å². The normalized spacial score (nSPS) is 13.1. The number of anilines is 1. The lowest BCUT2D eigenvalue weighted by Gasteiger charge is -2.15. The highest BCUT2D eigenvalue weighted by Gasteiger charge is 2.31. The first-order valence-corrected chi connectivity index (χ1v) is 9.99. The number of allylic oxidation sites excluding steroid dienone is 2. The number of nitrogens with one attached hydrogen (secondary N) is 1. The molecule has 3 rings (SSSR count). The van der Waals surface area contributed by atoms with Gasteiger partial charge in [0, 0.05) is 28.3 Å². The second kappa shape index (κ2) is 9.22. The van der Waals surface area contributed by atoms with Crippen molar-refractivity contribution in [3.63, 3.8) is 0 Å². The average Bonchev–Trinajstić information content (AvgIpc) is 3.11. The Morgan fingerprint density at radius 3 is 2.67 bits per heavy atom. The van der Waals surface area contributed by atoms with Crippen molar-refractivity contribution in [1.29, 1.82) is 0 Å². The second-order valence-corrected chi connectivity index (χ2v) is 7.66. The van der Waals surface area contributed by atoms with Gasteiger partial charge in [-0.15, -0.1) is 0 Å². The summed E-state index contributed by atoms with van der Waals surface area (Å²) in [5.74, 6) is -0.163. The summed E-state index contributed by atoms with van der Waals surface area (Å²) in [6.07, 6.45) is 3.19. The number of hydrogen-bond donors (Lipinski definition) is 2. The Bertz CT molecular complexity index is 1010. The number of esters is 1. The third kappa shape index (κ3) is 4.60. The Morgan fingerprint density at radius 2 is 2.00 bits per heavy atom. The SMILES string of the molecule is COc1c(C)c2c(c(O)c1C/C=C(\C)CCC(=O)Nc1ccc(Cl)cc1)C(=O)OC2. The number of hydrogen-bond acceptors (Lipinski definition) is 5. The quantitative estimate of drug-likeness (QED) is 0.481. The van der Waals surface area contributed by atoms with E-state index in [0.29, 0.717) is 46.8 Å². The fourth-order valence-electron chi connectivity index (χ4n) is 3.47. The zero-order chi connectivity index (χ0) is 21.8. The number of phenols is 1. The molecule has 7 heteroatoms. The number of ether oxygens (including phenoxy) is 2. The van der Waals surface area contributed by atoms with Crippen LogP contribution in [-0.2, 0) is 22.6 Å². The van der Waals surface area contributed by atoms with Crippen LogP contribution in [0.15, 0.2) is 35.9 Å². The molecule has 0 radical (unpaired) electrons. The van der Waals surface area contributed by atoms with Crippen LogP contribution in [0.5, 0.6) is 11.5 Å².